The van der Waals surface area contributed by atoms with Gasteiger partial charge in [0.15, 0.2) is 0 Å². The molecule has 0 unspecified atom stereocenters. The van der Waals surface area contributed by atoms with Crippen LogP contribution in [0.1, 0.15) is 52.4 Å². The Hall–Kier alpha value is 0.250. The van der Waals surface area contributed by atoms with Crippen LogP contribution in [0.4, 0.5) is 0 Å². The van der Waals surface area contributed by atoms with Crippen LogP contribution in [0.5, 0.6) is 0 Å². The predicted molar refractivity (Wildman–Crippen MR) is 54.7 cm³/mol. The van der Waals surface area contributed by atoms with Crippen molar-refractivity contribution in [1.29, 1.82) is 0 Å². The molecule has 0 aliphatic heterocycles. The summed E-state index contributed by atoms with van der Waals surface area (Å²) in [6, 6.07) is 0. The van der Waals surface area contributed by atoms with Gasteiger partial charge >= 0.3 is 0 Å². The average molecular weight is 193 g/mol. The predicted octanol–water partition coefficient (Wildman–Crippen LogP) is 3.34. The first-order valence-electron chi connectivity index (χ1n) is 4.84. The lowest BCUT2D eigenvalue weighted by Gasteiger charge is -2.16. The molecule has 0 saturated heterocycles. The van der Waals surface area contributed by atoms with E-state index in [4.69, 9.17) is 11.6 Å². The fourth-order valence-corrected chi connectivity index (χ4v) is 1.37. The summed E-state index contributed by atoms with van der Waals surface area (Å²) >= 11 is 5.55. The third-order valence-electron chi connectivity index (χ3n) is 1.92. The van der Waals surface area contributed by atoms with Gasteiger partial charge in [0, 0.05) is 5.88 Å². The molecule has 12 heavy (non-hydrogen) atoms. The van der Waals surface area contributed by atoms with Gasteiger partial charge in [0.05, 0.1) is 5.60 Å². The summed E-state index contributed by atoms with van der Waals surface area (Å²) in [4.78, 5) is 0. The van der Waals surface area contributed by atoms with Gasteiger partial charge in [-0.1, -0.05) is 25.7 Å². The minimum atomic E-state index is -0.480. The highest BCUT2D eigenvalue weighted by Gasteiger charge is 2.10. The maximum absolute atomic E-state index is 9.40. The first-order chi connectivity index (χ1) is 5.56. The Balaban J connectivity index is 3.01. The molecule has 0 aliphatic carbocycles. The molecule has 0 rings (SSSR count). The molecule has 0 bridgehead atoms. The molecule has 0 atom stereocenters. The second kappa shape index (κ2) is 6.73. The van der Waals surface area contributed by atoms with Crippen molar-refractivity contribution in [2.24, 2.45) is 0 Å². The molecule has 0 aromatic rings. The second-order valence-electron chi connectivity index (χ2n) is 4.02. The van der Waals surface area contributed by atoms with E-state index in [-0.39, 0.29) is 0 Å². The first kappa shape index (κ1) is 12.2. The van der Waals surface area contributed by atoms with E-state index in [1.807, 2.05) is 13.8 Å². The molecule has 0 fully saturated rings. The number of halogens is 1. The maximum atomic E-state index is 9.40. The van der Waals surface area contributed by atoms with Crippen molar-refractivity contribution >= 4 is 11.6 Å². The normalized spacial score (nSPS) is 12.0. The number of aliphatic hydroxyl groups is 1. The van der Waals surface area contributed by atoms with Crippen LogP contribution in [0.25, 0.3) is 0 Å². The summed E-state index contributed by atoms with van der Waals surface area (Å²) in [5, 5.41) is 9.40. The molecule has 2 heteroatoms. The van der Waals surface area contributed by atoms with Gasteiger partial charge in [-0.15, -0.1) is 11.6 Å². The van der Waals surface area contributed by atoms with Gasteiger partial charge in [-0.2, -0.15) is 0 Å². The molecular weight excluding hydrogens is 172 g/mol. The van der Waals surface area contributed by atoms with Crippen LogP contribution in [-0.4, -0.2) is 16.6 Å². The van der Waals surface area contributed by atoms with Crippen molar-refractivity contribution in [1.82, 2.24) is 0 Å². The Bertz CT molecular complexity index is 96.5. The monoisotopic (exact) mass is 192 g/mol. The average Bonchev–Trinajstić information content (AvgIpc) is 1.94. The highest BCUT2D eigenvalue weighted by atomic mass is 35.5. The quantitative estimate of drug-likeness (QED) is 0.485. The van der Waals surface area contributed by atoms with Crippen molar-refractivity contribution in [3.8, 4) is 0 Å². The highest BCUT2D eigenvalue weighted by molar-refractivity contribution is 6.17. The summed E-state index contributed by atoms with van der Waals surface area (Å²) in [5.74, 6) is 0.783. The molecule has 0 aromatic carbocycles. The number of rotatable bonds is 7. The Morgan fingerprint density at radius 1 is 1.00 bits per heavy atom. The molecule has 0 saturated carbocycles. The van der Waals surface area contributed by atoms with E-state index >= 15 is 0 Å². The third kappa shape index (κ3) is 10.2. The molecule has 0 amide bonds. The first-order valence-corrected chi connectivity index (χ1v) is 5.38. The van der Waals surface area contributed by atoms with Gasteiger partial charge < -0.3 is 5.11 Å². The lowest BCUT2D eigenvalue weighted by atomic mass is 10.0. The largest absolute Gasteiger partial charge is 0.390 e. The van der Waals surface area contributed by atoms with E-state index < -0.39 is 5.60 Å². The lowest BCUT2D eigenvalue weighted by Crippen LogP contribution is -2.17. The summed E-state index contributed by atoms with van der Waals surface area (Å²) in [6.07, 6.45) is 6.88. The summed E-state index contributed by atoms with van der Waals surface area (Å²) in [6.45, 7) is 3.73. The highest BCUT2D eigenvalue weighted by Crippen LogP contribution is 2.14. The van der Waals surface area contributed by atoms with Gasteiger partial charge in [0.25, 0.3) is 0 Å². The molecule has 0 heterocycles. The number of alkyl halides is 1. The lowest BCUT2D eigenvalue weighted by molar-refractivity contribution is 0.0680. The molecule has 0 aromatic heterocycles. The van der Waals surface area contributed by atoms with Gasteiger partial charge in [0.1, 0.15) is 0 Å². The summed E-state index contributed by atoms with van der Waals surface area (Å²) < 4.78 is 0. The molecule has 0 radical (unpaired) electrons. The molecular formula is C10H21ClO. The van der Waals surface area contributed by atoms with E-state index in [2.05, 4.69) is 0 Å². The van der Waals surface area contributed by atoms with Crippen LogP contribution in [0.2, 0.25) is 0 Å². The van der Waals surface area contributed by atoms with Gasteiger partial charge in [-0.3, -0.25) is 0 Å². The molecule has 0 aliphatic rings. The Kier molecular flexibility index (Phi) is 6.87. The topological polar surface area (TPSA) is 20.2 Å². The van der Waals surface area contributed by atoms with Crippen LogP contribution >= 0.6 is 11.6 Å². The van der Waals surface area contributed by atoms with E-state index in [1.54, 1.807) is 0 Å². The van der Waals surface area contributed by atoms with E-state index in [1.165, 1.54) is 19.3 Å². The molecule has 1 N–H and O–H groups in total. The molecule has 0 spiro atoms. The number of unbranched alkanes of at least 4 members (excludes halogenated alkanes) is 4. The van der Waals surface area contributed by atoms with Crippen molar-refractivity contribution in [3.63, 3.8) is 0 Å². The standard InChI is InChI=1S/C10H21ClO/c1-10(2,12)8-6-4-3-5-7-9-11/h12H,3-9H2,1-2H3. The van der Waals surface area contributed by atoms with Gasteiger partial charge in [0.2, 0.25) is 0 Å². The van der Waals surface area contributed by atoms with E-state index in [9.17, 15) is 5.11 Å². The zero-order valence-electron chi connectivity index (χ0n) is 8.27. The molecule has 74 valence electrons. The van der Waals surface area contributed by atoms with Gasteiger partial charge in [-0.05, 0) is 26.7 Å². The Morgan fingerprint density at radius 2 is 1.50 bits per heavy atom. The van der Waals surface area contributed by atoms with Crippen molar-refractivity contribution in [3.05, 3.63) is 0 Å². The van der Waals surface area contributed by atoms with Crippen LogP contribution in [0, 0.1) is 0 Å². The second-order valence-corrected chi connectivity index (χ2v) is 4.40. The van der Waals surface area contributed by atoms with Crippen molar-refractivity contribution in [2.45, 2.75) is 58.0 Å². The van der Waals surface area contributed by atoms with Gasteiger partial charge in [-0.25, -0.2) is 0 Å². The van der Waals surface area contributed by atoms with Crippen LogP contribution in [0.3, 0.4) is 0 Å². The van der Waals surface area contributed by atoms with Crippen molar-refractivity contribution < 1.29 is 5.11 Å². The van der Waals surface area contributed by atoms with Crippen molar-refractivity contribution in [2.75, 3.05) is 5.88 Å². The van der Waals surface area contributed by atoms with Crippen LogP contribution in [0.15, 0.2) is 0 Å². The fraction of sp³-hybridized carbons (Fsp3) is 1.00. The van der Waals surface area contributed by atoms with E-state index in [0.29, 0.717) is 0 Å². The summed E-state index contributed by atoms with van der Waals surface area (Å²) in [7, 11) is 0. The number of hydrogen-bond acceptors (Lipinski definition) is 1. The SMILES string of the molecule is CC(C)(O)CCCCCCCCl. The number of hydrogen-bond donors (Lipinski definition) is 1. The molecule has 1 nitrogen and oxygen atoms in total. The minimum absolute atomic E-state index is 0.480. The van der Waals surface area contributed by atoms with E-state index in [0.717, 1.165) is 25.1 Å². The third-order valence-corrected chi connectivity index (χ3v) is 2.19. The van der Waals surface area contributed by atoms with Crippen LogP contribution < -0.4 is 0 Å². The fourth-order valence-electron chi connectivity index (χ4n) is 1.18. The Labute approximate surface area is 81.1 Å². The van der Waals surface area contributed by atoms with Crippen LogP contribution in [-0.2, 0) is 0 Å². The Morgan fingerprint density at radius 3 is 2.00 bits per heavy atom. The maximum Gasteiger partial charge on any atom is 0.0591 e. The zero-order valence-corrected chi connectivity index (χ0v) is 9.03. The minimum Gasteiger partial charge on any atom is -0.390 e. The zero-order chi connectivity index (χ0) is 9.45. The smallest absolute Gasteiger partial charge is 0.0591 e. The summed E-state index contributed by atoms with van der Waals surface area (Å²) in [5.41, 5.74) is -0.480.